The van der Waals surface area contributed by atoms with E-state index in [1.807, 2.05) is 44.2 Å². The average Bonchev–Trinajstić information content (AvgIpc) is 3.34. The number of carbonyl (C=O) groups is 3. The van der Waals surface area contributed by atoms with Crippen molar-refractivity contribution in [2.75, 3.05) is 6.61 Å². The molecule has 0 bridgehead atoms. The third kappa shape index (κ3) is 5.80. The summed E-state index contributed by atoms with van der Waals surface area (Å²) in [5.41, 5.74) is -0.122. The second-order valence-corrected chi connectivity index (χ2v) is 12.0. The summed E-state index contributed by atoms with van der Waals surface area (Å²) in [4.78, 5) is 43.3. The Morgan fingerprint density at radius 1 is 1.18 bits per heavy atom. The van der Waals surface area contributed by atoms with Crippen molar-refractivity contribution in [2.24, 2.45) is 0 Å². The standard InChI is InChI=1S/C29H34ClFN2O5/c1-28(2,3)38-27(36)33-23(13-14-29(33,4)5)24(19-11-12-21(30)22(31)16-19)25(34)32-20(17-37-26(32)35)15-18-9-7-6-8-10-18/h6-12,16,20,23-24H,13-15,17H2,1-5H3/t20-,23?,24+/m1/s1. The number of ether oxygens (including phenoxy) is 2. The van der Waals surface area contributed by atoms with Crippen LogP contribution in [0.15, 0.2) is 48.5 Å². The molecule has 0 saturated carbocycles. The molecule has 7 nitrogen and oxygen atoms in total. The average molecular weight is 545 g/mol. The van der Waals surface area contributed by atoms with Crippen molar-refractivity contribution in [3.8, 4) is 0 Å². The van der Waals surface area contributed by atoms with Gasteiger partial charge >= 0.3 is 12.2 Å². The van der Waals surface area contributed by atoms with Crippen LogP contribution in [0.3, 0.4) is 0 Å². The van der Waals surface area contributed by atoms with Gasteiger partial charge in [-0.05, 0) is 77.1 Å². The molecule has 2 aromatic carbocycles. The number of likely N-dealkylation sites (tertiary alicyclic amines) is 1. The molecule has 2 heterocycles. The molecule has 0 radical (unpaired) electrons. The lowest BCUT2D eigenvalue weighted by Crippen LogP contribution is -2.54. The number of hydrogen-bond donors (Lipinski definition) is 0. The first-order valence-corrected chi connectivity index (χ1v) is 13.2. The molecule has 1 unspecified atom stereocenters. The van der Waals surface area contributed by atoms with Gasteiger partial charge in [0.25, 0.3) is 0 Å². The van der Waals surface area contributed by atoms with E-state index in [1.54, 1.807) is 31.7 Å². The first-order valence-electron chi connectivity index (χ1n) is 12.8. The zero-order valence-corrected chi connectivity index (χ0v) is 23.1. The Morgan fingerprint density at radius 3 is 2.50 bits per heavy atom. The van der Waals surface area contributed by atoms with Gasteiger partial charge in [0.15, 0.2) is 0 Å². The molecule has 4 rings (SSSR count). The summed E-state index contributed by atoms with van der Waals surface area (Å²) >= 11 is 5.96. The third-order valence-corrected chi connectivity index (χ3v) is 7.40. The molecule has 0 aromatic heterocycles. The van der Waals surface area contributed by atoms with Crippen molar-refractivity contribution in [3.05, 3.63) is 70.5 Å². The highest BCUT2D eigenvalue weighted by molar-refractivity contribution is 6.30. The zero-order chi connectivity index (χ0) is 27.8. The molecule has 3 amide bonds. The summed E-state index contributed by atoms with van der Waals surface area (Å²) in [7, 11) is 0. The first kappa shape index (κ1) is 27.9. The second-order valence-electron chi connectivity index (χ2n) is 11.5. The fourth-order valence-electron chi connectivity index (χ4n) is 5.36. The molecule has 2 saturated heterocycles. The Kier molecular flexibility index (Phi) is 7.75. The molecule has 0 N–H and O–H groups in total. The predicted octanol–water partition coefficient (Wildman–Crippen LogP) is 6.33. The number of rotatable bonds is 5. The predicted molar refractivity (Wildman–Crippen MR) is 141 cm³/mol. The van der Waals surface area contributed by atoms with Gasteiger partial charge in [-0.2, -0.15) is 0 Å². The van der Waals surface area contributed by atoms with Crippen molar-refractivity contribution >= 4 is 29.7 Å². The van der Waals surface area contributed by atoms with Crippen LogP contribution in [0, 0.1) is 5.82 Å². The van der Waals surface area contributed by atoms with Gasteiger partial charge in [-0.25, -0.2) is 18.9 Å². The summed E-state index contributed by atoms with van der Waals surface area (Å²) < 4.78 is 25.7. The van der Waals surface area contributed by atoms with Crippen LogP contribution in [0.1, 0.15) is 64.5 Å². The zero-order valence-electron chi connectivity index (χ0n) is 22.4. The molecule has 2 aliphatic heterocycles. The second kappa shape index (κ2) is 10.6. The highest BCUT2D eigenvalue weighted by Crippen LogP contribution is 2.43. The first-order chi connectivity index (χ1) is 17.8. The molecule has 9 heteroatoms. The van der Waals surface area contributed by atoms with Crippen molar-refractivity contribution in [2.45, 2.75) is 83.0 Å². The van der Waals surface area contributed by atoms with Crippen LogP contribution in [0.25, 0.3) is 0 Å². The summed E-state index contributed by atoms with van der Waals surface area (Å²) in [6.07, 6.45) is 0.137. The van der Waals surface area contributed by atoms with Crippen molar-refractivity contribution < 1.29 is 28.2 Å². The Morgan fingerprint density at radius 2 is 1.87 bits per heavy atom. The lowest BCUT2D eigenvalue weighted by Gasteiger charge is -2.40. The van der Waals surface area contributed by atoms with Crippen LogP contribution < -0.4 is 0 Å². The summed E-state index contributed by atoms with van der Waals surface area (Å²) in [6, 6.07) is 12.4. The van der Waals surface area contributed by atoms with E-state index in [1.165, 1.54) is 12.1 Å². The fourth-order valence-corrected chi connectivity index (χ4v) is 5.48. The van der Waals surface area contributed by atoms with Crippen LogP contribution in [-0.4, -0.2) is 57.7 Å². The molecule has 2 aromatic rings. The third-order valence-electron chi connectivity index (χ3n) is 7.09. The maximum absolute atomic E-state index is 14.7. The van der Waals surface area contributed by atoms with Crippen LogP contribution in [0.2, 0.25) is 5.02 Å². The van der Waals surface area contributed by atoms with Gasteiger partial charge in [-0.15, -0.1) is 0 Å². The van der Waals surface area contributed by atoms with E-state index in [0.29, 0.717) is 24.8 Å². The number of halogens is 2. The highest BCUT2D eigenvalue weighted by atomic mass is 35.5. The summed E-state index contributed by atoms with van der Waals surface area (Å²) in [5, 5.41) is -0.0850. The van der Waals surface area contributed by atoms with Crippen LogP contribution in [0.4, 0.5) is 14.0 Å². The van der Waals surface area contributed by atoms with Gasteiger partial charge in [0.05, 0.1) is 23.0 Å². The number of carbonyl (C=O) groups excluding carboxylic acids is 3. The number of cyclic esters (lactones) is 1. The maximum Gasteiger partial charge on any atom is 0.417 e. The van der Waals surface area contributed by atoms with E-state index in [0.717, 1.165) is 10.5 Å². The topological polar surface area (TPSA) is 76.2 Å². The van der Waals surface area contributed by atoms with Gasteiger partial charge in [0.1, 0.15) is 18.0 Å². The number of imide groups is 1. The van der Waals surface area contributed by atoms with Crippen LogP contribution >= 0.6 is 11.6 Å². The minimum Gasteiger partial charge on any atom is -0.447 e. The van der Waals surface area contributed by atoms with E-state index in [4.69, 9.17) is 21.1 Å². The Bertz CT molecular complexity index is 1210. The van der Waals surface area contributed by atoms with Gasteiger partial charge < -0.3 is 9.47 Å². The fraction of sp³-hybridized carbons (Fsp3) is 0.483. The SMILES string of the molecule is CC(C)(C)OC(=O)N1C([C@@H](C(=O)N2C(=O)OC[C@H]2Cc2ccccc2)c2ccc(Cl)c(F)c2)CCC1(C)C. The summed E-state index contributed by atoms with van der Waals surface area (Å²) in [5.74, 6) is -2.28. The summed E-state index contributed by atoms with van der Waals surface area (Å²) in [6.45, 7) is 9.18. The molecule has 2 fully saturated rings. The molecule has 38 heavy (non-hydrogen) atoms. The Balaban J connectivity index is 1.76. The van der Waals surface area contributed by atoms with Gasteiger partial charge in [-0.3, -0.25) is 9.69 Å². The Hall–Kier alpha value is -3.13. The number of benzene rings is 2. The van der Waals surface area contributed by atoms with E-state index in [-0.39, 0.29) is 11.6 Å². The smallest absolute Gasteiger partial charge is 0.417 e. The van der Waals surface area contributed by atoms with E-state index in [2.05, 4.69) is 0 Å². The van der Waals surface area contributed by atoms with Crippen LogP contribution in [-0.2, 0) is 20.7 Å². The monoisotopic (exact) mass is 544 g/mol. The number of nitrogens with zero attached hydrogens (tertiary/aromatic N) is 2. The van der Waals surface area contributed by atoms with E-state index < -0.39 is 53.1 Å². The lowest BCUT2D eigenvalue weighted by atomic mass is 9.87. The Labute approximate surface area is 227 Å². The molecule has 0 spiro atoms. The molecule has 204 valence electrons. The molecule has 0 aliphatic carbocycles. The minimum absolute atomic E-state index is 0.0487. The maximum atomic E-state index is 14.7. The lowest BCUT2D eigenvalue weighted by molar-refractivity contribution is -0.132. The molecular formula is C29H34ClFN2O5. The van der Waals surface area contributed by atoms with Gasteiger partial charge in [0, 0.05) is 5.54 Å². The minimum atomic E-state index is -1.04. The van der Waals surface area contributed by atoms with Crippen molar-refractivity contribution in [3.63, 3.8) is 0 Å². The van der Waals surface area contributed by atoms with Crippen molar-refractivity contribution in [1.82, 2.24) is 9.80 Å². The quantitative estimate of drug-likeness (QED) is 0.439. The van der Waals surface area contributed by atoms with E-state index >= 15 is 0 Å². The van der Waals surface area contributed by atoms with Crippen LogP contribution in [0.5, 0.6) is 0 Å². The molecule has 3 atom stereocenters. The van der Waals surface area contributed by atoms with Gasteiger partial charge in [-0.1, -0.05) is 48.0 Å². The van der Waals surface area contributed by atoms with Crippen molar-refractivity contribution in [1.29, 1.82) is 0 Å². The van der Waals surface area contributed by atoms with E-state index in [9.17, 15) is 18.8 Å². The number of amides is 3. The highest BCUT2D eigenvalue weighted by Gasteiger charge is 2.52. The molecule has 2 aliphatic rings. The largest absolute Gasteiger partial charge is 0.447 e. The normalized spacial score (nSPS) is 21.8. The number of hydrogen-bond acceptors (Lipinski definition) is 5. The molecular weight excluding hydrogens is 511 g/mol. The van der Waals surface area contributed by atoms with Gasteiger partial charge in [0.2, 0.25) is 5.91 Å².